The number of aryl methyl sites for hydroxylation is 1. The van der Waals surface area contributed by atoms with Gasteiger partial charge in [0.2, 0.25) is 0 Å². The van der Waals surface area contributed by atoms with Crippen molar-refractivity contribution in [2.24, 2.45) is 0 Å². The molecule has 6 heteroatoms. The van der Waals surface area contributed by atoms with Crippen LogP contribution in [0.4, 0.5) is 0 Å². The predicted molar refractivity (Wildman–Crippen MR) is 96.6 cm³/mol. The molecule has 0 unspecified atom stereocenters. The van der Waals surface area contributed by atoms with Gasteiger partial charge in [-0.1, -0.05) is 12.1 Å². The molecule has 1 fully saturated rings. The normalized spacial score (nSPS) is 18.8. The highest BCUT2D eigenvalue weighted by Crippen LogP contribution is 2.20. The summed E-state index contributed by atoms with van der Waals surface area (Å²) >= 11 is 0. The van der Waals surface area contributed by atoms with Gasteiger partial charge in [-0.15, -0.1) is 0 Å². The first-order valence-electron chi connectivity index (χ1n) is 8.60. The Hall–Kier alpha value is -2.02. The Morgan fingerprint density at radius 3 is 3.12 bits per heavy atom. The lowest BCUT2D eigenvalue weighted by molar-refractivity contribution is -0.138. The van der Waals surface area contributed by atoms with Crippen molar-refractivity contribution >= 4 is 16.9 Å². The third kappa shape index (κ3) is 4.75. The number of nitrogens with zero attached hydrogens (tertiary/aromatic N) is 3. The van der Waals surface area contributed by atoms with Crippen LogP contribution < -0.4 is 0 Å². The van der Waals surface area contributed by atoms with Gasteiger partial charge in [-0.3, -0.25) is 19.6 Å². The van der Waals surface area contributed by atoms with E-state index in [2.05, 4.69) is 35.0 Å². The quantitative estimate of drug-likeness (QED) is 0.862. The van der Waals surface area contributed by atoms with E-state index < -0.39 is 5.97 Å². The number of hydrogen-bond donors (Lipinski definition) is 1. The summed E-state index contributed by atoms with van der Waals surface area (Å²) in [6.07, 6.45) is 1.87. The van der Waals surface area contributed by atoms with Crippen LogP contribution in [-0.2, 0) is 16.1 Å². The Morgan fingerprint density at radius 2 is 2.32 bits per heavy atom. The van der Waals surface area contributed by atoms with Gasteiger partial charge in [0.1, 0.15) is 0 Å². The third-order valence-corrected chi connectivity index (χ3v) is 4.50. The number of aliphatic carboxylic acids is 1. The van der Waals surface area contributed by atoms with Crippen molar-refractivity contribution in [3.63, 3.8) is 0 Å². The molecule has 1 N–H and O–H groups in total. The number of carbonyl (C=O) groups is 1. The molecule has 0 bridgehead atoms. The van der Waals surface area contributed by atoms with Gasteiger partial charge in [-0.25, -0.2) is 0 Å². The topological polar surface area (TPSA) is 65.9 Å². The molecule has 0 aliphatic carbocycles. The molecule has 1 aliphatic heterocycles. The van der Waals surface area contributed by atoms with Crippen LogP contribution in [0, 0.1) is 6.92 Å². The maximum atomic E-state index is 10.8. The number of pyridine rings is 1. The maximum Gasteiger partial charge on any atom is 0.317 e. The summed E-state index contributed by atoms with van der Waals surface area (Å²) in [6, 6.07) is 8.48. The van der Waals surface area contributed by atoms with E-state index in [9.17, 15) is 4.79 Å². The largest absolute Gasteiger partial charge is 0.480 e. The first-order chi connectivity index (χ1) is 12.0. The van der Waals surface area contributed by atoms with Crippen LogP contribution in [0.2, 0.25) is 0 Å². The van der Waals surface area contributed by atoms with Crippen molar-refractivity contribution in [1.82, 2.24) is 14.8 Å². The standard InChI is InChI=1S/C19H25N3O3/c1-14-8-15(9-16-4-3-5-20-19(14)16)10-22-6-7-25-17(12-22)11-21(2)13-18(23)24/h3-5,8-9,17H,6-7,10-13H2,1-2H3,(H,23,24)/t17-/m0/s1. The van der Waals surface area contributed by atoms with Gasteiger partial charge >= 0.3 is 5.97 Å². The lowest BCUT2D eigenvalue weighted by Gasteiger charge is -2.34. The molecule has 1 aliphatic rings. The average molecular weight is 343 g/mol. The van der Waals surface area contributed by atoms with Crippen LogP contribution in [0.3, 0.4) is 0 Å². The Bertz CT molecular complexity index is 750. The second-order valence-electron chi connectivity index (χ2n) is 6.81. The number of morpholine rings is 1. The maximum absolute atomic E-state index is 10.8. The van der Waals surface area contributed by atoms with Gasteiger partial charge in [-0.2, -0.15) is 0 Å². The Balaban J connectivity index is 1.63. The zero-order valence-corrected chi connectivity index (χ0v) is 14.8. The zero-order chi connectivity index (χ0) is 17.8. The lowest BCUT2D eigenvalue weighted by atomic mass is 10.1. The fourth-order valence-electron chi connectivity index (χ4n) is 3.48. The molecule has 134 valence electrons. The summed E-state index contributed by atoms with van der Waals surface area (Å²) in [5.74, 6) is -0.810. The number of aromatic nitrogens is 1. The summed E-state index contributed by atoms with van der Waals surface area (Å²) in [7, 11) is 1.82. The summed E-state index contributed by atoms with van der Waals surface area (Å²) in [5, 5.41) is 10.0. The van der Waals surface area contributed by atoms with E-state index in [0.29, 0.717) is 13.2 Å². The highest BCUT2D eigenvalue weighted by Gasteiger charge is 2.22. The fourth-order valence-corrected chi connectivity index (χ4v) is 3.48. The second-order valence-corrected chi connectivity index (χ2v) is 6.81. The Morgan fingerprint density at radius 1 is 1.48 bits per heavy atom. The molecule has 1 saturated heterocycles. The van der Waals surface area contributed by atoms with Crippen molar-refractivity contribution in [1.29, 1.82) is 0 Å². The van der Waals surface area contributed by atoms with Gasteiger partial charge in [0.25, 0.3) is 0 Å². The molecule has 2 aromatic rings. The number of ether oxygens (including phenoxy) is 1. The number of carboxylic acid groups (broad SMARTS) is 1. The van der Waals surface area contributed by atoms with Crippen molar-refractivity contribution in [3.05, 3.63) is 41.6 Å². The third-order valence-electron chi connectivity index (χ3n) is 4.50. The van der Waals surface area contributed by atoms with Crippen LogP contribution in [0.25, 0.3) is 10.9 Å². The van der Waals surface area contributed by atoms with Crippen LogP contribution >= 0.6 is 0 Å². The molecule has 1 atom stereocenters. The molecular weight excluding hydrogens is 318 g/mol. The number of carboxylic acids is 1. The smallest absolute Gasteiger partial charge is 0.317 e. The number of rotatable bonds is 6. The van der Waals surface area contributed by atoms with Crippen LogP contribution in [0.5, 0.6) is 0 Å². The van der Waals surface area contributed by atoms with Crippen molar-refractivity contribution in [3.8, 4) is 0 Å². The van der Waals surface area contributed by atoms with Gasteiger partial charge in [-0.05, 0) is 37.2 Å². The minimum Gasteiger partial charge on any atom is -0.480 e. The summed E-state index contributed by atoms with van der Waals surface area (Å²) in [6.45, 7) is 6.02. The highest BCUT2D eigenvalue weighted by molar-refractivity contribution is 5.82. The number of fused-ring (bicyclic) bond motifs is 1. The SMILES string of the molecule is Cc1cc(CN2CCO[C@@H](CN(C)CC(=O)O)C2)cc2cccnc12. The van der Waals surface area contributed by atoms with E-state index in [0.717, 1.165) is 25.2 Å². The van der Waals surface area contributed by atoms with E-state index in [1.54, 1.807) is 4.90 Å². The van der Waals surface area contributed by atoms with Crippen LogP contribution in [0.1, 0.15) is 11.1 Å². The van der Waals surface area contributed by atoms with Crippen molar-refractivity contribution < 1.29 is 14.6 Å². The Kier molecular flexibility index (Phi) is 5.63. The van der Waals surface area contributed by atoms with E-state index in [1.165, 1.54) is 16.5 Å². The second kappa shape index (κ2) is 7.91. The number of hydrogen-bond acceptors (Lipinski definition) is 5. The van der Waals surface area contributed by atoms with Crippen molar-refractivity contribution in [2.75, 3.05) is 39.8 Å². The predicted octanol–water partition coefficient (Wildman–Crippen LogP) is 1.76. The van der Waals surface area contributed by atoms with E-state index in [4.69, 9.17) is 9.84 Å². The average Bonchev–Trinajstić information content (AvgIpc) is 2.54. The first kappa shape index (κ1) is 17.8. The summed E-state index contributed by atoms with van der Waals surface area (Å²) in [4.78, 5) is 19.4. The summed E-state index contributed by atoms with van der Waals surface area (Å²) < 4.78 is 5.81. The molecule has 3 rings (SSSR count). The minimum absolute atomic E-state index is 0.0384. The molecule has 25 heavy (non-hydrogen) atoms. The van der Waals surface area contributed by atoms with Crippen molar-refractivity contribution in [2.45, 2.75) is 19.6 Å². The first-order valence-corrected chi connectivity index (χ1v) is 8.60. The molecule has 0 radical (unpaired) electrons. The van der Waals surface area contributed by atoms with Crippen LogP contribution in [0.15, 0.2) is 30.5 Å². The van der Waals surface area contributed by atoms with Gasteiger partial charge < -0.3 is 9.84 Å². The molecule has 0 spiro atoms. The van der Waals surface area contributed by atoms with Gasteiger partial charge in [0, 0.05) is 37.8 Å². The zero-order valence-electron chi connectivity index (χ0n) is 14.8. The molecule has 0 saturated carbocycles. The van der Waals surface area contributed by atoms with E-state index >= 15 is 0 Å². The summed E-state index contributed by atoms with van der Waals surface area (Å²) in [5.41, 5.74) is 3.53. The monoisotopic (exact) mass is 343 g/mol. The number of benzene rings is 1. The molecular formula is C19H25N3O3. The van der Waals surface area contributed by atoms with Gasteiger partial charge in [0.05, 0.1) is 24.8 Å². The van der Waals surface area contributed by atoms with Crippen LogP contribution in [-0.4, -0.2) is 71.8 Å². The Labute approximate surface area is 148 Å². The van der Waals surface area contributed by atoms with Gasteiger partial charge in [0.15, 0.2) is 0 Å². The highest BCUT2D eigenvalue weighted by atomic mass is 16.5. The van der Waals surface area contributed by atoms with E-state index in [1.807, 2.05) is 19.3 Å². The molecule has 1 aromatic heterocycles. The minimum atomic E-state index is -0.810. The van der Waals surface area contributed by atoms with E-state index in [-0.39, 0.29) is 12.6 Å². The fraction of sp³-hybridized carbons (Fsp3) is 0.474. The molecule has 6 nitrogen and oxygen atoms in total. The lowest BCUT2D eigenvalue weighted by Crippen LogP contribution is -2.47. The molecule has 1 aromatic carbocycles. The molecule has 0 amide bonds. The molecule has 2 heterocycles. The number of likely N-dealkylation sites (N-methyl/N-ethyl adjacent to an activating group) is 1.